The van der Waals surface area contributed by atoms with Gasteiger partial charge in [0.2, 0.25) is 0 Å². The molecule has 0 saturated heterocycles. The Morgan fingerprint density at radius 2 is 2.00 bits per heavy atom. The van der Waals surface area contributed by atoms with Crippen molar-refractivity contribution in [3.63, 3.8) is 0 Å². The minimum atomic E-state index is 0.104. The van der Waals surface area contributed by atoms with Crippen molar-refractivity contribution >= 4 is 11.1 Å². The Hall–Kier alpha value is -1.57. The molecule has 0 bridgehead atoms. The topological polar surface area (TPSA) is 26.0 Å². The van der Waals surface area contributed by atoms with Gasteiger partial charge in [-0.05, 0) is 74.5 Å². The Labute approximate surface area is 145 Å². The normalized spacial score (nSPS) is 31.8. The van der Waals surface area contributed by atoms with Crippen LogP contribution in [0.1, 0.15) is 88.0 Å². The molecule has 24 heavy (non-hydrogen) atoms. The van der Waals surface area contributed by atoms with Crippen LogP contribution in [-0.2, 0) is 5.41 Å². The summed E-state index contributed by atoms with van der Waals surface area (Å²) < 4.78 is 5.90. The van der Waals surface area contributed by atoms with Crippen LogP contribution in [0.25, 0.3) is 11.1 Å². The van der Waals surface area contributed by atoms with E-state index >= 15 is 0 Å². The van der Waals surface area contributed by atoms with Gasteiger partial charge < -0.3 is 4.42 Å². The van der Waals surface area contributed by atoms with Crippen LogP contribution in [0.15, 0.2) is 22.5 Å². The van der Waals surface area contributed by atoms with E-state index in [1.54, 1.807) is 17.5 Å². The van der Waals surface area contributed by atoms with E-state index in [1.165, 1.54) is 36.0 Å². The first-order valence-electron chi connectivity index (χ1n) is 9.39. The van der Waals surface area contributed by atoms with E-state index in [9.17, 15) is 0 Å². The molecule has 2 heteroatoms. The second-order valence-electron chi connectivity index (χ2n) is 8.76. The maximum absolute atomic E-state index is 5.90. The van der Waals surface area contributed by atoms with E-state index in [4.69, 9.17) is 4.42 Å². The number of hydrogen-bond donors (Lipinski definition) is 0. The maximum atomic E-state index is 5.90. The van der Waals surface area contributed by atoms with Gasteiger partial charge in [-0.3, -0.25) is 0 Å². The molecule has 1 aromatic heterocycles. The van der Waals surface area contributed by atoms with Crippen LogP contribution in [0, 0.1) is 12.8 Å². The Morgan fingerprint density at radius 3 is 2.71 bits per heavy atom. The van der Waals surface area contributed by atoms with Crippen molar-refractivity contribution in [3.8, 4) is 0 Å². The average Bonchev–Trinajstić information content (AvgIpc) is 2.95. The third-order valence-electron chi connectivity index (χ3n) is 6.49. The van der Waals surface area contributed by atoms with Gasteiger partial charge in [0.1, 0.15) is 5.52 Å². The Kier molecular flexibility index (Phi) is 3.46. The summed E-state index contributed by atoms with van der Waals surface area (Å²) in [6, 6.07) is 0. The third-order valence-corrected chi connectivity index (χ3v) is 6.49. The highest BCUT2D eigenvalue weighted by Gasteiger charge is 2.45. The van der Waals surface area contributed by atoms with E-state index in [2.05, 4.69) is 52.6 Å². The molecule has 0 radical (unpaired) electrons. The molecule has 0 N–H and O–H groups in total. The number of benzene rings is 1. The predicted molar refractivity (Wildman–Crippen MR) is 99.7 cm³/mol. The first-order valence-corrected chi connectivity index (χ1v) is 9.39. The number of rotatable bonds is 1. The van der Waals surface area contributed by atoms with Crippen molar-refractivity contribution in [1.82, 2.24) is 4.98 Å². The largest absolute Gasteiger partial charge is 0.443 e. The molecular weight excluding hydrogens is 294 g/mol. The molecule has 4 unspecified atom stereocenters. The molecule has 4 atom stereocenters. The maximum Gasteiger partial charge on any atom is 0.182 e. The summed E-state index contributed by atoms with van der Waals surface area (Å²) >= 11 is 0. The molecule has 2 aliphatic carbocycles. The molecule has 128 valence electrons. The molecule has 2 aromatic rings. The Balaban J connectivity index is 2.15. The fourth-order valence-corrected chi connectivity index (χ4v) is 5.86. The Morgan fingerprint density at radius 1 is 1.25 bits per heavy atom. The van der Waals surface area contributed by atoms with E-state index in [-0.39, 0.29) is 5.41 Å². The number of aryl methyl sites for hydroxylation is 1. The van der Waals surface area contributed by atoms with Gasteiger partial charge in [0.15, 0.2) is 12.0 Å². The molecule has 1 heterocycles. The standard InChI is InChI=1S/C22H29NO/c1-12(2)9-22(6)10-14(4)16-8-7-13(3)17-18(16)19(22)15(5)20-21(17)24-11-23-20/h9,11,13-14,16H,7-8,10H2,1-6H3. The number of hydrogen-bond acceptors (Lipinski definition) is 2. The predicted octanol–water partition coefficient (Wildman–Crippen LogP) is 6.38. The summed E-state index contributed by atoms with van der Waals surface area (Å²) in [6.45, 7) is 13.9. The summed E-state index contributed by atoms with van der Waals surface area (Å²) in [5.74, 6) is 1.95. The van der Waals surface area contributed by atoms with Crippen LogP contribution in [-0.4, -0.2) is 4.98 Å². The lowest BCUT2D eigenvalue weighted by atomic mass is 9.57. The number of allylic oxidation sites excluding steroid dienone is 2. The molecule has 2 nitrogen and oxygen atoms in total. The number of oxazole rings is 1. The minimum absolute atomic E-state index is 0.104. The van der Waals surface area contributed by atoms with Gasteiger partial charge in [-0.15, -0.1) is 0 Å². The lowest BCUT2D eigenvalue weighted by Crippen LogP contribution is -2.36. The Bertz CT molecular complexity index is 839. The molecule has 0 fully saturated rings. The molecular formula is C22H29NO. The molecule has 4 rings (SSSR count). The van der Waals surface area contributed by atoms with Gasteiger partial charge in [0.25, 0.3) is 0 Å². The average molecular weight is 323 g/mol. The summed E-state index contributed by atoms with van der Waals surface area (Å²) in [5.41, 5.74) is 9.59. The van der Waals surface area contributed by atoms with E-state index in [1.807, 2.05) is 0 Å². The molecule has 0 spiro atoms. The summed E-state index contributed by atoms with van der Waals surface area (Å²) in [5, 5.41) is 0. The van der Waals surface area contributed by atoms with Gasteiger partial charge in [-0.25, -0.2) is 4.98 Å². The van der Waals surface area contributed by atoms with Crippen LogP contribution in [0.3, 0.4) is 0 Å². The fraction of sp³-hybridized carbons (Fsp3) is 0.591. The summed E-state index contributed by atoms with van der Waals surface area (Å²) in [4.78, 5) is 4.59. The van der Waals surface area contributed by atoms with Crippen molar-refractivity contribution in [3.05, 3.63) is 40.3 Å². The smallest absolute Gasteiger partial charge is 0.182 e. The molecule has 0 saturated carbocycles. The summed E-state index contributed by atoms with van der Waals surface area (Å²) in [6.07, 6.45) is 7.94. The van der Waals surface area contributed by atoms with Gasteiger partial charge in [-0.2, -0.15) is 0 Å². The van der Waals surface area contributed by atoms with E-state index in [0.29, 0.717) is 17.8 Å². The van der Waals surface area contributed by atoms with E-state index < -0.39 is 0 Å². The molecule has 0 aliphatic heterocycles. The van der Waals surface area contributed by atoms with Gasteiger partial charge in [0, 0.05) is 11.0 Å². The quantitative estimate of drug-likeness (QED) is 0.569. The second kappa shape index (κ2) is 5.21. The van der Waals surface area contributed by atoms with Crippen molar-refractivity contribution in [2.24, 2.45) is 5.92 Å². The van der Waals surface area contributed by atoms with Crippen LogP contribution in [0.2, 0.25) is 0 Å². The highest BCUT2D eigenvalue weighted by atomic mass is 16.3. The lowest BCUT2D eigenvalue weighted by molar-refractivity contribution is 0.288. The van der Waals surface area contributed by atoms with Crippen molar-refractivity contribution in [2.45, 2.75) is 78.1 Å². The highest BCUT2D eigenvalue weighted by molar-refractivity contribution is 5.85. The molecule has 1 aromatic carbocycles. The van der Waals surface area contributed by atoms with Crippen molar-refractivity contribution in [1.29, 1.82) is 0 Å². The van der Waals surface area contributed by atoms with Crippen molar-refractivity contribution in [2.75, 3.05) is 0 Å². The SMILES string of the molecule is CC(C)=CC1(C)CC(C)C2CCC(C)c3c2c1c(C)c1ncoc31. The number of nitrogens with zero attached hydrogens (tertiary/aromatic N) is 1. The third kappa shape index (κ3) is 2.04. The lowest BCUT2D eigenvalue weighted by Gasteiger charge is -2.47. The monoisotopic (exact) mass is 323 g/mol. The first kappa shape index (κ1) is 15.9. The van der Waals surface area contributed by atoms with Crippen molar-refractivity contribution < 1.29 is 4.42 Å². The van der Waals surface area contributed by atoms with Gasteiger partial charge >= 0.3 is 0 Å². The van der Waals surface area contributed by atoms with E-state index in [0.717, 1.165) is 11.1 Å². The van der Waals surface area contributed by atoms with Gasteiger partial charge in [-0.1, -0.05) is 32.4 Å². The molecule has 2 aliphatic rings. The van der Waals surface area contributed by atoms with Crippen LogP contribution < -0.4 is 0 Å². The van der Waals surface area contributed by atoms with Crippen LogP contribution in [0.5, 0.6) is 0 Å². The first-order chi connectivity index (χ1) is 11.3. The zero-order valence-electron chi connectivity index (χ0n) is 15.9. The van der Waals surface area contributed by atoms with Crippen LogP contribution in [0.4, 0.5) is 0 Å². The minimum Gasteiger partial charge on any atom is -0.443 e. The van der Waals surface area contributed by atoms with Gasteiger partial charge in [0.05, 0.1) is 0 Å². The molecule has 0 amide bonds. The zero-order valence-corrected chi connectivity index (χ0v) is 15.9. The summed E-state index contributed by atoms with van der Waals surface area (Å²) in [7, 11) is 0. The second-order valence-corrected chi connectivity index (χ2v) is 8.76. The fourth-order valence-electron chi connectivity index (χ4n) is 5.86. The zero-order chi connectivity index (χ0) is 17.2. The number of aromatic nitrogens is 1. The highest BCUT2D eigenvalue weighted by Crippen LogP contribution is 2.56. The van der Waals surface area contributed by atoms with Crippen LogP contribution >= 0.6 is 0 Å². The number of fused-ring (bicyclic) bond motifs is 2.